The average Bonchev–Trinajstić information content (AvgIpc) is 2.38. The number of hydrogen-bond donors (Lipinski definition) is 1. The second-order valence-corrected chi connectivity index (χ2v) is 3.99. The number of carboxylic acids is 1. The average molecular weight is 205 g/mol. The maximum Gasteiger partial charge on any atom is 0.323 e. The lowest BCUT2D eigenvalue weighted by Crippen LogP contribution is -2.25. The van der Waals surface area contributed by atoms with Gasteiger partial charge in [-0.25, -0.2) is 0 Å². The number of carbonyl (C=O) groups is 1. The Balaban J connectivity index is 2.13. The second kappa shape index (κ2) is 4.34. The number of fused-ring (bicyclic) bond motifs is 1. The normalized spacial score (nSPS) is 24.4. The predicted octanol–water partition coefficient (Wildman–Crippen LogP) is 1.79. The molecule has 1 heterocycles. The first-order valence-electron chi connectivity index (χ1n) is 5.28. The van der Waals surface area contributed by atoms with E-state index in [9.17, 15) is 4.79 Å². The highest BCUT2D eigenvalue weighted by molar-refractivity contribution is 5.69. The Kier molecular flexibility index (Phi) is 2.90. The van der Waals surface area contributed by atoms with E-state index in [2.05, 4.69) is 18.2 Å². The number of nitrogens with zero attached hydrogens (tertiary/aromatic N) is 1. The van der Waals surface area contributed by atoms with Gasteiger partial charge in [-0.05, 0) is 18.4 Å². The summed E-state index contributed by atoms with van der Waals surface area (Å²) in [6.07, 6.45) is 12.5. The zero-order valence-electron chi connectivity index (χ0n) is 8.60. The van der Waals surface area contributed by atoms with Gasteiger partial charge in [0.25, 0.3) is 0 Å². The van der Waals surface area contributed by atoms with Crippen LogP contribution in [0.2, 0.25) is 0 Å². The van der Waals surface area contributed by atoms with Crippen LogP contribution in [0.3, 0.4) is 0 Å². The van der Waals surface area contributed by atoms with Gasteiger partial charge in [0.1, 0.15) is 6.54 Å². The first-order valence-corrected chi connectivity index (χ1v) is 5.28. The molecule has 3 nitrogen and oxygen atoms in total. The number of hydrogen-bond acceptors (Lipinski definition) is 2. The molecule has 0 radical (unpaired) electrons. The number of rotatable bonds is 2. The van der Waals surface area contributed by atoms with Crippen LogP contribution in [-0.4, -0.2) is 29.1 Å². The molecule has 1 aliphatic heterocycles. The Morgan fingerprint density at radius 3 is 3.20 bits per heavy atom. The smallest absolute Gasteiger partial charge is 0.323 e. The van der Waals surface area contributed by atoms with E-state index < -0.39 is 5.97 Å². The fourth-order valence-electron chi connectivity index (χ4n) is 2.09. The van der Waals surface area contributed by atoms with Crippen LogP contribution in [0, 0.1) is 5.92 Å². The lowest BCUT2D eigenvalue weighted by Gasteiger charge is -2.17. The third-order valence-corrected chi connectivity index (χ3v) is 2.80. The van der Waals surface area contributed by atoms with E-state index in [-0.39, 0.29) is 6.54 Å². The second-order valence-electron chi connectivity index (χ2n) is 3.99. The largest absolute Gasteiger partial charge is 0.480 e. The predicted molar refractivity (Wildman–Crippen MR) is 58.3 cm³/mol. The molecule has 0 saturated carbocycles. The molecule has 3 heteroatoms. The molecule has 15 heavy (non-hydrogen) atoms. The third kappa shape index (κ3) is 2.49. The molecule has 2 aliphatic rings. The molecule has 1 unspecified atom stereocenters. The highest BCUT2D eigenvalue weighted by Gasteiger charge is 2.17. The van der Waals surface area contributed by atoms with Gasteiger partial charge in [0.2, 0.25) is 0 Å². The summed E-state index contributed by atoms with van der Waals surface area (Å²) >= 11 is 0. The monoisotopic (exact) mass is 205 g/mol. The summed E-state index contributed by atoms with van der Waals surface area (Å²) in [4.78, 5) is 12.5. The van der Waals surface area contributed by atoms with Gasteiger partial charge in [-0.3, -0.25) is 4.79 Å². The first kappa shape index (κ1) is 10.0. The van der Waals surface area contributed by atoms with E-state index in [1.807, 2.05) is 17.2 Å². The van der Waals surface area contributed by atoms with Gasteiger partial charge in [0.15, 0.2) is 0 Å². The van der Waals surface area contributed by atoms with Gasteiger partial charge in [0.05, 0.1) is 0 Å². The van der Waals surface area contributed by atoms with Crippen molar-refractivity contribution in [2.45, 2.75) is 12.8 Å². The molecule has 2 rings (SSSR count). The van der Waals surface area contributed by atoms with Crippen molar-refractivity contribution < 1.29 is 9.90 Å². The molecule has 0 fully saturated rings. The molecule has 0 aromatic rings. The fourth-order valence-corrected chi connectivity index (χ4v) is 2.09. The van der Waals surface area contributed by atoms with Crippen molar-refractivity contribution in [3.63, 3.8) is 0 Å². The van der Waals surface area contributed by atoms with Crippen LogP contribution in [0.5, 0.6) is 0 Å². The molecule has 0 amide bonds. The summed E-state index contributed by atoms with van der Waals surface area (Å²) in [7, 11) is 0. The zero-order valence-corrected chi connectivity index (χ0v) is 8.60. The Hall–Kier alpha value is -1.51. The minimum atomic E-state index is -0.763. The van der Waals surface area contributed by atoms with E-state index in [1.54, 1.807) is 0 Å². The molecule has 80 valence electrons. The maximum atomic E-state index is 10.6. The van der Waals surface area contributed by atoms with Crippen molar-refractivity contribution in [1.29, 1.82) is 0 Å². The van der Waals surface area contributed by atoms with E-state index in [4.69, 9.17) is 5.11 Å². The van der Waals surface area contributed by atoms with E-state index in [1.165, 1.54) is 5.57 Å². The van der Waals surface area contributed by atoms with Crippen molar-refractivity contribution in [2.24, 2.45) is 5.92 Å². The zero-order chi connectivity index (χ0) is 10.7. The molecular formula is C12H15NO2. The van der Waals surface area contributed by atoms with Crippen molar-refractivity contribution in [3.8, 4) is 0 Å². The van der Waals surface area contributed by atoms with E-state index in [0.717, 1.165) is 19.4 Å². The van der Waals surface area contributed by atoms with Crippen molar-refractivity contribution >= 4 is 5.97 Å². The molecule has 1 atom stereocenters. The van der Waals surface area contributed by atoms with Crippen LogP contribution in [-0.2, 0) is 4.79 Å². The Labute approximate surface area is 89.4 Å². The fraction of sp³-hybridized carbons (Fsp3) is 0.417. The molecular weight excluding hydrogens is 190 g/mol. The number of aliphatic carboxylic acids is 1. The van der Waals surface area contributed by atoms with Crippen LogP contribution in [0.25, 0.3) is 0 Å². The summed E-state index contributed by atoms with van der Waals surface area (Å²) in [6, 6.07) is 0. The molecule has 0 saturated heterocycles. The third-order valence-electron chi connectivity index (χ3n) is 2.80. The van der Waals surface area contributed by atoms with Crippen molar-refractivity contribution in [3.05, 3.63) is 36.1 Å². The molecule has 1 aliphatic carbocycles. The molecule has 0 aromatic heterocycles. The van der Waals surface area contributed by atoms with Gasteiger partial charge < -0.3 is 10.0 Å². The highest BCUT2D eigenvalue weighted by atomic mass is 16.4. The Morgan fingerprint density at radius 2 is 2.40 bits per heavy atom. The molecule has 0 spiro atoms. The van der Waals surface area contributed by atoms with Crippen molar-refractivity contribution in [1.82, 2.24) is 4.90 Å². The van der Waals surface area contributed by atoms with Gasteiger partial charge in [-0.2, -0.15) is 0 Å². The molecule has 0 aromatic carbocycles. The van der Waals surface area contributed by atoms with E-state index >= 15 is 0 Å². The Morgan fingerprint density at radius 1 is 1.53 bits per heavy atom. The van der Waals surface area contributed by atoms with Crippen molar-refractivity contribution in [2.75, 3.05) is 13.1 Å². The number of allylic oxidation sites excluding steroid dienone is 5. The SMILES string of the molecule is O=C(O)CN1C=C2C=CC=CC2CCC1. The minimum Gasteiger partial charge on any atom is -0.480 e. The lowest BCUT2D eigenvalue weighted by molar-refractivity contribution is -0.137. The quantitative estimate of drug-likeness (QED) is 0.747. The van der Waals surface area contributed by atoms with Crippen LogP contribution < -0.4 is 0 Å². The van der Waals surface area contributed by atoms with Crippen LogP contribution in [0.15, 0.2) is 36.1 Å². The highest BCUT2D eigenvalue weighted by Crippen LogP contribution is 2.26. The van der Waals surface area contributed by atoms with Crippen LogP contribution >= 0.6 is 0 Å². The van der Waals surface area contributed by atoms with Crippen LogP contribution in [0.1, 0.15) is 12.8 Å². The van der Waals surface area contributed by atoms with Crippen LogP contribution in [0.4, 0.5) is 0 Å². The van der Waals surface area contributed by atoms with E-state index in [0.29, 0.717) is 5.92 Å². The lowest BCUT2D eigenvalue weighted by atomic mass is 9.92. The summed E-state index contributed by atoms with van der Waals surface area (Å²) in [5.74, 6) is -0.283. The summed E-state index contributed by atoms with van der Waals surface area (Å²) in [5.41, 5.74) is 1.23. The van der Waals surface area contributed by atoms with Gasteiger partial charge >= 0.3 is 5.97 Å². The van der Waals surface area contributed by atoms with Gasteiger partial charge in [-0.1, -0.05) is 24.3 Å². The topological polar surface area (TPSA) is 40.5 Å². The molecule has 1 N–H and O–H groups in total. The summed E-state index contributed by atoms with van der Waals surface area (Å²) in [6.45, 7) is 0.946. The summed E-state index contributed by atoms with van der Waals surface area (Å²) in [5, 5.41) is 8.75. The Bertz CT molecular complexity index is 342. The van der Waals surface area contributed by atoms with Gasteiger partial charge in [-0.15, -0.1) is 0 Å². The number of carboxylic acid groups (broad SMARTS) is 1. The molecule has 0 bridgehead atoms. The minimum absolute atomic E-state index is 0.105. The van der Waals surface area contributed by atoms with Gasteiger partial charge in [0, 0.05) is 18.7 Å². The maximum absolute atomic E-state index is 10.6. The standard InChI is InChI=1S/C12H15NO2/c14-12(15)9-13-7-3-6-10-4-1-2-5-11(10)8-13/h1-2,4-5,8,10H,3,6-7,9H2,(H,14,15). The first-order chi connectivity index (χ1) is 7.25. The summed E-state index contributed by atoms with van der Waals surface area (Å²) < 4.78 is 0.